The fraction of sp³-hybridized carbons (Fsp3) is 0.500. The summed E-state index contributed by atoms with van der Waals surface area (Å²) in [6.45, 7) is 1.37. The molecule has 0 amide bonds. The van der Waals surface area contributed by atoms with Gasteiger partial charge in [-0.05, 0) is 10.4 Å². The largest absolute Gasteiger partial charge is 0.287 e. The van der Waals surface area contributed by atoms with Gasteiger partial charge in [-0.1, -0.05) is 11.8 Å². The molecule has 18 heavy (non-hydrogen) atoms. The van der Waals surface area contributed by atoms with E-state index in [0.717, 1.165) is 6.54 Å². The first-order valence-corrected chi connectivity index (χ1v) is 6.60. The van der Waals surface area contributed by atoms with Gasteiger partial charge in [-0.25, -0.2) is 13.8 Å². The Hall–Kier alpha value is -1.70. The molecule has 8 heteroatoms. The number of thioether (sulfide) groups is 1. The van der Waals surface area contributed by atoms with Crippen LogP contribution in [0.3, 0.4) is 0 Å². The van der Waals surface area contributed by atoms with Gasteiger partial charge in [0.05, 0.1) is 26.6 Å². The maximum atomic E-state index is 11.6. The van der Waals surface area contributed by atoms with E-state index in [1.54, 1.807) is 11.0 Å². The molecule has 2 rings (SSSR count). The number of rotatable bonds is 6. The second-order valence-corrected chi connectivity index (χ2v) is 5.01. The molecule has 0 N–H and O–H groups in total. The fourth-order valence-corrected chi connectivity index (χ4v) is 2.20. The molecule has 2 heterocycles. The van der Waals surface area contributed by atoms with Crippen molar-refractivity contribution < 1.29 is 9.36 Å². The highest BCUT2D eigenvalue weighted by Crippen LogP contribution is 2.07. The number of tetrazole rings is 1. The van der Waals surface area contributed by atoms with Gasteiger partial charge in [0.25, 0.3) is 0 Å². The maximum absolute atomic E-state index is 11.6. The number of carbonyl (C=O) groups is 1. The van der Waals surface area contributed by atoms with Gasteiger partial charge in [0, 0.05) is 5.75 Å². The van der Waals surface area contributed by atoms with E-state index in [2.05, 4.69) is 15.5 Å². The van der Waals surface area contributed by atoms with E-state index in [-0.39, 0.29) is 5.12 Å². The van der Waals surface area contributed by atoms with Gasteiger partial charge < -0.3 is 0 Å². The predicted octanol–water partition coefficient (Wildman–Crippen LogP) is -0.351. The van der Waals surface area contributed by atoms with Crippen molar-refractivity contribution in [3.63, 3.8) is 0 Å². The Labute approximate surface area is 109 Å². The van der Waals surface area contributed by atoms with Crippen molar-refractivity contribution in [2.24, 2.45) is 7.05 Å². The molecule has 0 radical (unpaired) electrons. The van der Waals surface area contributed by atoms with E-state index in [4.69, 9.17) is 0 Å². The number of carbonyl (C=O) groups excluding carboxylic acids is 1. The topological polar surface area (TPSA) is 69.5 Å². The summed E-state index contributed by atoms with van der Waals surface area (Å²) in [7, 11) is 1.96. The zero-order chi connectivity index (χ0) is 12.8. The van der Waals surface area contributed by atoms with Crippen LogP contribution in [0, 0.1) is 0 Å². The zero-order valence-electron chi connectivity index (χ0n) is 10.1. The minimum Gasteiger partial charge on any atom is -0.287 e. The Bertz CT molecular complexity index is 494. The first kappa shape index (κ1) is 12.7. The molecular weight excluding hydrogens is 252 g/mol. The van der Waals surface area contributed by atoms with Gasteiger partial charge in [-0.2, -0.15) is 0 Å². The lowest BCUT2D eigenvalue weighted by atomic mass is 10.5. The minimum absolute atomic E-state index is 0.194. The third kappa shape index (κ3) is 3.95. The average Bonchev–Trinajstić information content (AvgIpc) is 2.98. The number of imidazole rings is 1. The highest BCUT2D eigenvalue weighted by Gasteiger charge is 2.06. The summed E-state index contributed by atoms with van der Waals surface area (Å²) in [5, 5.41) is 11.0. The predicted molar refractivity (Wildman–Crippen MR) is 65.5 cm³/mol. The highest BCUT2D eigenvalue weighted by molar-refractivity contribution is 8.13. The molecule has 0 bridgehead atoms. The molecule has 0 saturated heterocycles. The molecule has 0 atom stereocenters. The minimum atomic E-state index is 0.194. The number of hydrogen-bond acceptors (Lipinski definition) is 5. The van der Waals surface area contributed by atoms with Crippen LogP contribution in [0.5, 0.6) is 0 Å². The quantitative estimate of drug-likeness (QED) is 0.669. The van der Waals surface area contributed by atoms with Gasteiger partial charge in [-0.3, -0.25) is 4.79 Å². The summed E-state index contributed by atoms with van der Waals surface area (Å²) in [5.74, 6) is 0.698. The number of aryl methyl sites for hydroxylation is 3. The third-order valence-electron chi connectivity index (χ3n) is 2.37. The summed E-state index contributed by atoms with van der Waals surface area (Å²) >= 11 is 1.33. The van der Waals surface area contributed by atoms with Crippen LogP contribution in [0.4, 0.5) is 0 Å². The molecule has 0 aliphatic heterocycles. The van der Waals surface area contributed by atoms with Crippen molar-refractivity contribution in [1.82, 2.24) is 24.8 Å². The van der Waals surface area contributed by atoms with Crippen LogP contribution < -0.4 is 4.57 Å². The Balaban J connectivity index is 1.63. The number of nitrogens with zero attached hydrogens (tertiary/aromatic N) is 6. The first-order valence-electron chi connectivity index (χ1n) is 5.61. The number of aromatic nitrogens is 6. The molecule has 0 saturated carbocycles. The molecule has 2 aromatic heterocycles. The summed E-state index contributed by atoms with van der Waals surface area (Å²) in [6, 6.07) is 0. The fourth-order valence-electron chi connectivity index (χ4n) is 1.46. The molecule has 0 unspecified atom stereocenters. The van der Waals surface area contributed by atoms with Crippen molar-refractivity contribution >= 4 is 16.9 Å². The van der Waals surface area contributed by atoms with Gasteiger partial charge in [0.15, 0.2) is 5.12 Å². The molecule has 0 aliphatic rings. The van der Waals surface area contributed by atoms with Crippen molar-refractivity contribution in [3.05, 3.63) is 25.0 Å². The number of hydrogen-bond donors (Lipinski definition) is 0. The normalized spacial score (nSPS) is 10.7. The van der Waals surface area contributed by atoms with E-state index >= 15 is 0 Å². The monoisotopic (exact) mass is 267 g/mol. The van der Waals surface area contributed by atoms with Crippen LogP contribution in [-0.4, -0.2) is 35.6 Å². The van der Waals surface area contributed by atoms with Crippen molar-refractivity contribution in [1.29, 1.82) is 0 Å². The summed E-state index contributed by atoms with van der Waals surface area (Å²) in [5.41, 5.74) is 0. The van der Waals surface area contributed by atoms with E-state index in [9.17, 15) is 4.79 Å². The first-order chi connectivity index (χ1) is 8.74. The molecule has 0 aromatic carbocycles. The molecule has 0 aliphatic carbocycles. The Morgan fingerprint density at radius 3 is 3.00 bits per heavy atom. The lowest BCUT2D eigenvalue weighted by molar-refractivity contribution is -0.671. The summed E-state index contributed by atoms with van der Waals surface area (Å²) in [6.07, 6.45) is 7.95. The van der Waals surface area contributed by atoms with Gasteiger partial charge >= 0.3 is 0 Å². The summed E-state index contributed by atoms with van der Waals surface area (Å²) < 4.78 is 5.57. The van der Waals surface area contributed by atoms with Gasteiger partial charge in [0.2, 0.25) is 6.33 Å². The Morgan fingerprint density at radius 1 is 1.44 bits per heavy atom. The standard InChI is InChI=1S/C10H15N6OS/c1-14-4-5-15(9-14)3-2-10(17)18-7-6-16-8-11-12-13-16/h4-5,8-9H,2-3,6-7H2,1H3/q+1. The van der Waals surface area contributed by atoms with Crippen molar-refractivity contribution in [2.75, 3.05) is 5.75 Å². The van der Waals surface area contributed by atoms with Crippen LogP contribution in [0.1, 0.15) is 6.42 Å². The van der Waals surface area contributed by atoms with Gasteiger partial charge in [-0.15, -0.1) is 5.10 Å². The van der Waals surface area contributed by atoms with Crippen LogP contribution in [0.25, 0.3) is 0 Å². The molecule has 7 nitrogen and oxygen atoms in total. The lowest BCUT2D eigenvalue weighted by Crippen LogP contribution is -2.23. The molecule has 2 aromatic rings. The second-order valence-electron chi connectivity index (χ2n) is 3.86. The summed E-state index contributed by atoms with van der Waals surface area (Å²) in [4.78, 5) is 11.6. The third-order valence-corrected chi connectivity index (χ3v) is 3.29. The smallest absolute Gasteiger partial charge is 0.243 e. The van der Waals surface area contributed by atoms with Crippen molar-refractivity contribution in [2.45, 2.75) is 19.5 Å². The Kier molecular flexibility index (Phi) is 4.46. The van der Waals surface area contributed by atoms with Gasteiger partial charge in [0.1, 0.15) is 18.7 Å². The molecule has 0 spiro atoms. The molecule has 0 fully saturated rings. The SMILES string of the molecule is C[n+]1ccn(CCC(=O)SCCn2cnnn2)c1. The van der Waals surface area contributed by atoms with Crippen LogP contribution in [0.2, 0.25) is 0 Å². The molecule has 96 valence electrons. The average molecular weight is 267 g/mol. The zero-order valence-corrected chi connectivity index (χ0v) is 11.0. The van der Waals surface area contributed by atoms with E-state index in [1.165, 1.54) is 11.8 Å². The van der Waals surface area contributed by atoms with E-state index < -0.39 is 0 Å². The van der Waals surface area contributed by atoms with Crippen LogP contribution in [0.15, 0.2) is 25.0 Å². The van der Waals surface area contributed by atoms with E-state index in [0.29, 0.717) is 18.7 Å². The second kappa shape index (κ2) is 6.29. The lowest BCUT2D eigenvalue weighted by Gasteiger charge is -1.99. The highest BCUT2D eigenvalue weighted by atomic mass is 32.2. The van der Waals surface area contributed by atoms with E-state index in [1.807, 2.05) is 34.9 Å². The molecular formula is C10H15N6OS+. The maximum Gasteiger partial charge on any atom is 0.243 e. The Morgan fingerprint density at radius 2 is 2.33 bits per heavy atom. The van der Waals surface area contributed by atoms with Crippen molar-refractivity contribution in [3.8, 4) is 0 Å². The van der Waals surface area contributed by atoms with Crippen LogP contribution in [-0.2, 0) is 24.9 Å². The van der Waals surface area contributed by atoms with Crippen LogP contribution >= 0.6 is 11.8 Å².